The van der Waals surface area contributed by atoms with Crippen LogP contribution in [0.3, 0.4) is 0 Å². The van der Waals surface area contributed by atoms with Gasteiger partial charge in [0.05, 0.1) is 10.5 Å². The number of sulfonamides is 1. The molecule has 0 saturated carbocycles. The molecule has 0 atom stereocenters. The number of hydrogen-bond donors (Lipinski definition) is 3. The molecule has 0 radical (unpaired) electrons. The highest BCUT2D eigenvalue weighted by Crippen LogP contribution is 2.30. The SMILES string of the molecule is Cc1ccc(Nc2ccc(NCCNS(=O)(=O)c3cccc(C(F)(F)F)c3)nn2)nc1. The van der Waals surface area contributed by atoms with Crippen LogP contribution in [0, 0.1) is 6.92 Å². The van der Waals surface area contributed by atoms with E-state index in [2.05, 4.69) is 30.5 Å². The lowest BCUT2D eigenvalue weighted by Crippen LogP contribution is -2.29. The number of halogens is 3. The van der Waals surface area contributed by atoms with Crippen molar-refractivity contribution in [2.45, 2.75) is 18.0 Å². The highest BCUT2D eigenvalue weighted by atomic mass is 32.2. The Labute approximate surface area is 177 Å². The Morgan fingerprint density at radius 2 is 1.65 bits per heavy atom. The zero-order chi connectivity index (χ0) is 22.5. The summed E-state index contributed by atoms with van der Waals surface area (Å²) in [6, 6.07) is 10.6. The van der Waals surface area contributed by atoms with Gasteiger partial charge >= 0.3 is 6.18 Å². The molecular formula is C19H19F3N6O2S. The fourth-order valence-corrected chi connectivity index (χ4v) is 3.54. The standard InChI is InChI=1S/C19H19F3N6O2S/c1-13-5-6-16(24-12-13)26-18-8-7-17(27-28-18)23-9-10-25-31(29,30)15-4-2-3-14(11-15)19(20,21)22/h2-8,11-12,25H,9-10H2,1H3,(H,23,27)(H,24,26,28). The minimum atomic E-state index is -4.62. The maximum absolute atomic E-state index is 12.8. The van der Waals surface area contributed by atoms with Gasteiger partial charge in [-0.05, 0) is 48.9 Å². The summed E-state index contributed by atoms with van der Waals surface area (Å²) in [7, 11) is -4.08. The monoisotopic (exact) mass is 452 g/mol. The van der Waals surface area contributed by atoms with Crippen LogP contribution >= 0.6 is 0 Å². The van der Waals surface area contributed by atoms with Crippen LogP contribution in [-0.4, -0.2) is 36.7 Å². The van der Waals surface area contributed by atoms with E-state index in [4.69, 9.17) is 0 Å². The number of nitrogens with zero attached hydrogens (tertiary/aromatic N) is 3. The Hall–Kier alpha value is -3.25. The summed E-state index contributed by atoms with van der Waals surface area (Å²) in [6.07, 6.45) is -2.91. The largest absolute Gasteiger partial charge is 0.416 e. The molecule has 8 nitrogen and oxygen atoms in total. The fourth-order valence-electron chi connectivity index (χ4n) is 2.47. The summed E-state index contributed by atoms with van der Waals surface area (Å²) in [5.74, 6) is 1.50. The predicted molar refractivity (Wildman–Crippen MR) is 109 cm³/mol. The van der Waals surface area contributed by atoms with Crippen molar-refractivity contribution in [2.75, 3.05) is 23.7 Å². The first-order valence-electron chi connectivity index (χ1n) is 9.08. The zero-order valence-electron chi connectivity index (χ0n) is 16.3. The Bertz CT molecular complexity index is 1120. The first kappa shape index (κ1) is 22.4. The number of anilines is 3. The summed E-state index contributed by atoms with van der Waals surface area (Å²) in [4.78, 5) is 3.75. The number of benzene rings is 1. The van der Waals surface area contributed by atoms with E-state index in [-0.39, 0.29) is 13.1 Å². The molecule has 0 bridgehead atoms. The third kappa shape index (κ3) is 6.36. The third-order valence-electron chi connectivity index (χ3n) is 4.03. The molecule has 2 heterocycles. The average molecular weight is 452 g/mol. The molecule has 164 valence electrons. The summed E-state index contributed by atoms with van der Waals surface area (Å²) in [5.41, 5.74) is -0.00169. The molecule has 0 aliphatic heterocycles. The third-order valence-corrected chi connectivity index (χ3v) is 5.49. The Morgan fingerprint density at radius 1 is 0.935 bits per heavy atom. The molecule has 0 spiro atoms. The molecule has 0 fully saturated rings. The van der Waals surface area contributed by atoms with Crippen molar-refractivity contribution < 1.29 is 21.6 Å². The summed E-state index contributed by atoms with van der Waals surface area (Å²) < 4.78 is 65.0. The van der Waals surface area contributed by atoms with Crippen molar-refractivity contribution in [2.24, 2.45) is 0 Å². The summed E-state index contributed by atoms with van der Waals surface area (Å²) >= 11 is 0. The van der Waals surface area contributed by atoms with E-state index < -0.39 is 26.7 Å². The molecule has 0 unspecified atom stereocenters. The van der Waals surface area contributed by atoms with Crippen molar-refractivity contribution in [3.63, 3.8) is 0 Å². The van der Waals surface area contributed by atoms with E-state index >= 15 is 0 Å². The van der Waals surface area contributed by atoms with Gasteiger partial charge in [0.1, 0.15) is 11.6 Å². The van der Waals surface area contributed by atoms with Crippen molar-refractivity contribution >= 4 is 27.5 Å². The van der Waals surface area contributed by atoms with Crippen molar-refractivity contribution in [3.05, 3.63) is 65.9 Å². The molecule has 3 rings (SSSR count). The second-order valence-corrected chi connectivity index (χ2v) is 8.27. The highest BCUT2D eigenvalue weighted by Gasteiger charge is 2.31. The van der Waals surface area contributed by atoms with Gasteiger partial charge in [-0.25, -0.2) is 18.1 Å². The van der Waals surface area contributed by atoms with Gasteiger partial charge in [-0.15, -0.1) is 10.2 Å². The topological polar surface area (TPSA) is 109 Å². The smallest absolute Gasteiger partial charge is 0.367 e. The lowest BCUT2D eigenvalue weighted by molar-refractivity contribution is -0.137. The van der Waals surface area contributed by atoms with Crippen LogP contribution in [0.2, 0.25) is 0 Å². The minimum Gasteiger partial charge on any atom is -0.367 e. The number of aromatic nitrogens is 3. The van der Waals surface area contributed by atoms with Gasteiger partial charge in [-0.3, -0.25) is 0 Å². The first-order chi connectivity index (χ1) is 14.6. The highest BCUT2D eigenvalue weighted by molar-refractivity contribution is 7.89. The van der Waals surface area contributed by atoms with Crippen LogP contribution in [0.1, 0.15) is 11.1 Å². The number of hydrogen-bond acceptors (Lipinski definition) is 7. The molecule has 1 aromatic carbocycles. The number of rotatable bonds is 8. The molecule has 31 heavy (non-hydrogen) atoms. The minimum absolute atomic E-state index is 0.0620. The van der Waals surface area contributed by atoms with E-state index in [0.29, 0.717) is 23.5 Å². The molecule has 0 aliphatic carbocycles. The molecule has 0 saturated heterocycles. The Kier molecular flexibility index (Phi) is 6.71. The van der Waals surface area contributed by atoms with Crippen LogP contribution in [0.25, 0.3) is 0 Å². The Morgan fingerprint density at radius 3 is 2.29 bits per heavy atom. The van der Waals surface area contributed by atoms with E-state index in [1.807, 2.05) is 13.0 Å². The normalized spacial score (nSPS) is 11.9. The molecule has 0 amide bonds. The lowest BCUT2D eigenvalue weighted by Gasteiger charge is -2.11. The van der Waals surface area contributed by atoms with Crippen LogP contribution in [0.15, 0.2) is 59.6 Å². The number of alkyl halides is 3. The zero-order valence-corrected chi connectivity index (χ0v) is 17.1. The molecule has 0 aliphatic rings. The van der Waals surface area contributed by atoms with Gasteiger partial charge in [0.25, 0.3) is 0 Å². The van der Waals surface area contributed by atoms with Crippen molar-refractivity contribution in [1.82, 2.24) is 19.9 Å². The number of nitrogens with one attached hydrogen (secondary N) is 3. The van der Waals surface area contributed by atoms with Gasteiger partial charge in [-0.2, -0.15) is 13.2 Å². The van der Waals surface area contributed by atoms with E-state index in [1.54, 1.807) is 24.4 Å². The molecule has 12 heteroatoms. The van der Waals surface area contributed by atoms with Gasteiger partial charge in [0, 0.05) is 19.3 Å². The summed E-state index contributed by atoms with van der Waals surface area (Å²) in [6.45, 7) is 2.02. The fraction of sp³-hybridized carbons (Fsp3) is 0.211. The number of aryl methyl sites for hydroxylation is 1. The second-order valence-electron chi connectivity index (χ2n) is 6.50. The quantitative estimate of drug-likeness (QED) is 0.450. The van der Waals surface area contributed by atoms with E-state index in [1.165, 1.54) is 0 Å². The number of pyridine rings is 1. The maximum Gasteiger partial charge on any atom is 0.416 e. The van der Waals surface area contributed by atoms with Gasteiger partial charge in [0.2, 0.25) is 10.0 Å². The molecular weight excluding hydrogens is 433 g/mol. The van der Waals surface area contributed by atoms with Gasteiger partial charge in [-0.1, -0.05) is 12.1 Å². The summed E-state index contributed by atoms with van der Waals surface area (Å²) in [5, 5.41) is 13.8. The van der Waals surface area contributed by atoms with Crippen LogP contribution in [0.4, 0.5) is 30.6 Å². The molecule has 3 aromatic rings. The molecule has 3 N–H and O–H groups in total. The van der Waals surface area contributed by atoms with Gasteiger partial charge in [0.15, 0.2) is 5.82 Å². The van der Waals surface area contributed by atoms with Crippen LogP contribution in [0.5, 0.6) is 0 Å². The predicted octanol–water partition coefficient (Wildman–Crippen LogP) is 3.33. The maximum atomic E-state index is 12.8. The van der Waals surface area contributed by atoms with E-state index in [0.717, 1.165) is 23.8 Å². The molecule has 2 aromatic heterocycles. The van der Waals surface area contributed by atoms with Crippen molar-refractivity contribution in [3.8, 4) is 0 Å². The van der Waals surface area contributed by atoms with Crippen molar-refractivity contribution in [1.29, 1.82) is 0 Å². The van der Waals surface area contributed by atoms with Crippen LogP contribution < -0.4 is 15.4 Å². The lowest BCUT2D eigenvalue weighted by atomic mass is 10.2. The first-order valence-corrected chi connectivity index (χ1v) is 10.6. The van der Waals surface area contributed by atoms with Crippen LogP contribution in [-0.2, 0) is 16.2 Å². The Balaban J connectivity index is 1.50. The second kappa shape index (κ2) is 9.27. The van der Waals surface area contributed by atoms with E-state index in [9.17, 15) is 21.6 Å². The van der Waals surface area contributed by atoms with Gasteiger partial charge < -0.3 is 10.6 Å². The average Bonchev–Trinajstić information content (AvgIpc) is 2.73.